The van der Waals surface area contributed by atoms with Crippen LogP contribution in [0.2, 0.25) is 0 Å². The van der Waals surface area contributed by atoms with Crippen LogP contribution in [0.4, 0.5) is 0 Å². The monoisotopic (exact) mass is 185 g/mol. The molecule has 4 N–H and O–H groups in total. The Hall–Kier alpha value is -1.54. The van der Waals surface area contributed by atoms with E-state index >= 15 is 0 Å². The summed E-state index contributed by atoms with van der Waals surface area (Å²) < 4.78 is -1.70. The molecule has 0 unspecified atom stereocenters. The highest BCUT2D eigenvalue weighted by molar-refractivity contribution is 5.94. The van der Waals surface area contributed by atoms with Gasteiger partial charge in [-0.3, -0.25) is 0 Å². The van der Waals surface area contributed by atoms with Crippen molar-refractivity contribution < 1.29 is 19.5 Å². The summed E-state index contributed by atoms with van der Waals surface area (Å²) in [7, 11) is 0. The number of carboxylic acids is 1. The molecule has 1 aliphatic rings. The Balaban J connectivity index is 3.07. The average molecular weight is 185 g/mol. The van der Waals surface area contributed by atoms with Crippen molar-refractivity contribution in [1.82, 2.24) is 5.53 Å². The Labute approximate surface area is 72.8 Å². The lowest BCUT2D eigenvalue weighted by Crippen LogP contribution is -2.57. The fourth-order valence-electron chi connectivity index (χ4n) is 0.802. The predicted octanol–water partition coefficient (Wildman–Crippen LogP) is -1.26. The van der Waals surface area contributed by atoms with E-state index in [2.05, 4.69) is 0 Å². The van der Waals surface area contributed by atoms with Crippen molar-refractivity contribution in [3.05, 3.63) is 29.1 Å². The minimum absolute atomic E-state index is 0.285. The van der Waals surface area contributed by atoms with E-state index in [0.29, 0.717) is 6.20 Å². The van der Waals surface area contributed by atoms with Gasteiger partial charge in [0.05, 0.1) is 0 Å². The first-order valence-electron chi connectivity index (χ1n) is 3.26. The zero-order chi connectivity index (χ0) is 10.1. The van der Waals surface area contributed by atoms with Gasteiger partial charge in [-0.2, -0.15) is 4.76 Å². The normalized spacial score (nSPS) is 27.2. The van der Waals surface area contributed by atoms with E-state index in [1.165, 1.54) is 0 Å². The van der Waals surface area contributed by atoms with Gasteiger partial charge in [-0.05, 0) is 6.08 Å². The third-order valence-electron chi connectivity index (χ3n) is 1.49. The Morgan fingerprint density at radius 2 is 2.23 bits per heavy atom. The van der Waals surface area contributed by atoms with E-state index in [-0.39, 0.29) is 5.57 Å². The van der Waals surface area contributed by atoms with E-state index < -0.39 is 16.6 Å². The molecule has 13 heavy (non-hydrogen) atoms. The zero-order valence-electron chi connectivity index (χ0n) is 6.43. The SMILES string of the molecule is NN[N@@+]1([O-])C=C(C(=O)O)C=CC1=O. The van der Waals surface area contributed by atoms with Crippen LogP contribution in [-0.2, 0) is 9.59 Å². The van der Waals surface area contributed by atoms with Crippen molar-refractivity contribution in [3.63, 3.8) is 0 Å². The maximum absolute atomic E-state index is 11.3. The summed E-state index contributed by atoms with van der Waals surface area (Å²) in [5.74, 6) is 2.63. The van der Waals surface area contributed by atoms with Gasteiger partial charge in [-0.1, -0.05) is 5.53 Å². The van der Waals surface area contributed by atoms with Gasteiger partial charge in [0.1, 0.15) is 11.8 Å². The van der Waals surface area contributed by atoms with E-state index in [9.17, 15) is 14.8 Å². The van der Waals surface area contributed by atoms with Crippen LogP contribution in [0.1, 0.15) is 0 Å². The average Bonchev–Trinajstić information content (AvgIpc) is 2.09. The van der Waals surface area contributed by atoms with Gasteiger partial charge in [0.25, 0.3) is 0 Å². The largest absolute Gasteiger partial charge is 0.598 e. The molecule has 1 amide bonds. The summed E-state index contributed by atoms with van der Waals surface area (Å²) in [5, 5.41) is 19.8. The minimum atomic E-state index is -1.70. The molecule has 0 aromatic rings. The first-order valence-corrected chi connectivity index (χ1v) is 3.26. The maximum atomic E-state index is 11.3. The first-order chi connectivity index (χ1) is 5.99. The Bertz CT molecular complexity index is 322. The smallest absolute Gasteiger partial charge is 0.363 e. The lowest BCUT2D eigenvalue weighted by atomic mass is 10.2. The van der Waals surface area contributed by atoms with Crippen LogP contribution < -0.4 is 11.4 Å². The summed E-state index contributed by atoms with van der Waals surface area (Å²) >= 11 is 0. The Morgan fingerprint density at radius 3 is 2.69 bits per heavy atom. The molecule has 0 fully saturated rings. The number of carboxylic acid groups (broad SMARTS) is 1. The second-order valence-corrected chi connectivity index (χ2v) is 2.35. The molecule has 0 aromatic carbocycles. The van der Waals surface area contributed by atoms with E-state index in [1.807, 2.05) is 0 Å². The molecule has 0 saturated carbocycles. The molecule has 1 atom stereocenters. The second-order valence-electron chi connectivity index (χ2n) is 2.35. The number of rotatable bonds is 2. The molecular formula is C6H7N3O4. The number of nitrogens with zero attached hydrogens (tertiary/aromatic N) is 1. The fourth-order valence-corrected chi connectivity index (χ4v) is 0.802. The minimum Gasteiger partial charge on any atom is -0.598 e. The van der Waals surface area contributed by atoms with Crippen LogP contribution in [0.5, 0.6) is 0 Å². The number of quaternary nitrogens is 1. The molecule has 0 aliphatic carbocycles. The number of amides is 1. The van der Waals surface area contributed by atoms with Crippen molar-refractivity contribution in [3.8, 4) is 0 Å². The standard InChI is InChI=1S/C6H7N3O4/c7-8-9(13)3-4(6(11)12)1-2-5(9)10/h1-3,8H,7H2,(H,11,12)/t9-/m1/s1. The highest BCUT2D eigenvalue weighted by Gasteiger charge is 2.28. The molecule has 1 rings (SSSR count). The fraction of sp³-hybridized carbons (Fsp3) is 0. The van der Waals surface area contributed by atoms with E-state index in [4.69, 9.17) is 10.9 Å². The molecule has 70 valence electrons. The number of hydrogen-bond donors (Lipinski definition) is 3. The quantitative estimate of drug-likeness (QED) is 0.214. The van der Waals surface area contributed by atoms with Crippen LogP contribution >= 0.6 is 0 Å². The number of hydrazine groups is 1. The second kappa shape index (κ2) is 3.07. The number of aliphatic carboxylic acids is 1. The van der Waals surface area contributed by atoms with Gasteiger partial charge >= 0.3 is 11.9 Å². The van der Waals surface area contributed by atoms with Gasteiger partial charge in [-0.25, -0.2) is 15.4 Å². The van der Waals surface area contributed by atoms with Crippen molar-refractivity contribution in [2.24, 2.45) is 5.84 Å². The van der Waals surface area contributed by atoms with Gasteiger partial charge in [0.15, 0.2) is 0 Å². The molecule has 0 radical (unpaired) electrons. The maximum Gasteiger partial charge on any atom is 0.363 e. The molecule has 0 bridgehead atoms. The summed E-state index contributed by atoms with van der Waals surface area (Å²) in [6.45, 7) is 0. The number of hydroxylamine groups is 2. The van der Waals surface area contributed by atoms with Crippen LogP contribution in [0.25, 0.3) is 0 Å². The highest BCUT2D eigenvalue weighted by Crippen LogP contribution is 2.13. The molecule has 7 heteroatoms. The Kier molecular flexibility index (Phi) is 2.26. The summed E-state index contributed by atoms with van der Waals surface area (Å²) in [4.78, 5) is 21.3. The Morgan fingerprint density at radius 1 is 1.62 bits per heavy atom. The molecule has 1 aliphatic heterocycles. The van der Waals surface area contributed by atoms with Crippen molar-refractivity contribution in [2.75, 3.05) is 0 Å². The summed E-state index contributed by atoms with van der Waals surface area (Å²) in [6, 6.07) is 0. The van der Waals surface area contributed by atoms with E-state index in [0.717, 1.165) is 12.2 Å². The van der Waals surface area contributed by atoms with Crippen molar-refractivity contribution >= 4 is 11.9 Å². The van der Waals surface area contributed by atoms with Gasteiger partial charge in [-0.15, -0.1) is 0 Å². The van der Waals surface area contributed by atoms with Crippen molar-refractivity contribution in [1.29, 1.82) is 0 Å². The molecule has 0 saturated heterocycles. The van der Waals surface area contributed by atoms with Crippen LogP contribution in [-0.4, -0.2) is 21.7 Å². The zero-order valence-corrected chi connectivity index (χ0v) is 6.43. The molecule has 1 heterocycles. The number of hydrogen-bond acceptors (Lipinski definition) is 5. The third-order valence-corrected chi connectivity index (χ3v) is 1.49. The molecular weight excluding hydrogens is 178 g/mol. The van der Waals surface area contributed by atoms with Crippen LogP contribution in [0.3, 0.4) is 0 Å². The number of nitrogens with one attached hydrogen (secondary N) is 1. The number of nitrogens with two attached hydrogens (primary N) is 1. The van der Waals surface area contributed by atoms with Gasteiger partial charge in [0.2, 0.25) is 0 Å². The van der Waals surface area contributed by atoms with Crippen LogP contribution in [0, 0.1) is 5.21 Å². The lowest BCUT2D eigenvalue weighted by molar-refractivity contribution is -0.799. The highest BCUT2D eigenvalue weighted by atomic mass is 16.6. The van der Waals surface area contributed by atoms with E-state index in [1.54, 1.807) is 5.53 Å². The predicted molar refractivity (Wildman–Crippen MR) is 40.8 cm³/mol. The topological polar surface area (TPSA) is 115 Å². The molecule has 7 nitrogen and oxygen atoms in total. The van der Waals surface area contributed by atoms with Gasteiger partial charge < -0.3 is 10.3 Å². The summed E-state index contributed by atoms with van der Waals surface area (Å²) in [6.07, 6.45) is 2.57. The lowest BCUT2D eigenvalue weighted by Gasteiger charge is -2.33. The molecule has 0 aromatic heterocycles. The van der Waals surface area contributed by atoms with Gasteiger partial charge in [0, 0.05) is 6.08 Å². The summed E-state index contributed by atoms with van der Waals surface area (Å²) in [5.41, 5.74) is 1.37. The number of carbonyl (C=O) groups is 2. The van der Waals surface area contributed by atoms with Crippen LogP contribution in [0.15, 0.2) is 23.9 Å². The third kappa shape index (κ3) is 1.63. The number of carbonyl (C=O) groups excluding carboxylic acids is 1. The van der Waals surface area contributed by atoms with Crippen molar-refractivity contribution in [2.45, 2.75) is 0 Å². The molecule has 0 spiro atoms. The first kappa shape index (κ1) is 9.55.